The molecule has 0 aliphatic carbocycles. The zero-order chi connectivity index (χ0) is 20.8. The molecule has 6 heteroatoms. The fraction of sp³-hybridized carbons (Fsp3) is 0.333. The fourth-order valence-electron chi connectivity index (χ4n) is 3.98. The molecule has 0 atom stereocenters. The quantitative estimate of drug-likeness (QED) is 0.524. The predicted octanol–water partition coefficient (Wildman–Crippen LogP) is 3.18. The standard InChI is InChI=1S/C24H29N5O/c1-25-24(27-14-12-20-6-3-5-19-7-4-13-26-23(19)20)29-17-15-28(16-18-29)21-8-10-22(30-2)11-9-21/h3-11,13H,12,14-18H2,1-2H3,(H,25,27). The third kappa shape index (κ3) is 4.48. The van der Waals surface area contributed by atoms with Crippen LogP contribution in [0.1, 0.15) is 5.56 Å². The number of hydrogen-bond donors (Lipinski definition) is 1. The third-order valence-corrected chi connectivity index (χ3v) is 5.62. The molecule has 4 rings (SSSR count). The van der Waals surface area contributed by atoms with Crippen LogP contribution in [-0.2, 0) is 6.42 Å². The molecule has 1 saturated heterocycles. The average molecular weight is 404 g/mol. The maximum Gasteiger partial charge on any atom is 0.193 e. The van der Waals surface area contributed by atoms with Crippen molar-refractivity contribution in [3.63, 3.8) is 0 Å². The molecule has 1 aromatic heterocycles. The lowest BCUT2D eigenvalue weighted by atomic mass is 10.1. The Morgan fingerprint density at radius 3 is 2.53 bits per heavy atom. The number of nitrogens with zero attached hydrogens (tertiary/aromatic N) is 4. The lowest BCUT2D eigenvalue weighted by molar-refractivity contribution is 0.373. The van der Waals surface area contributed by atoms with E-state index in [9.17, 15) is 0 Å². The first kappa shape index (κ1) is 20.0. The van der Waals surface area contributed by atoms with E-state index in [1.54, 1.807) is 7.11 Å². The highest BCUT2D eigenvalue weighted by molar-refractivity contribution is 5.82. The van der Waals surface area contributed by atoms with E-state index in [-0.39, 0.29) is 0 Å². The summed E-state index contributed by atoms with van der Waals surface area (Å²) in [6.45, 7) is 4.67. The van der Waals surface area contributed by atoms with E-state index in [4.69, 9.17) is 4.74 Å². The molecule has 0 saturated carbocycles. The summed E-state index contributed by atoms with van der Waals surface area (Å²) in [7, 11) is 3.56. The van der Waals surface area contributed by atoms with E-state index in [0.29, 0.717) is 0 Å². The summed E-state index contributed by atoms with van der Waals surface area (Å²) in [6.07, 6.45) is 2.78. The van der Waals surface area contributed by atoms with Crippen LogP contribution in [0.25, 0.3) is 10.9 Å². The van der Waals surface area contributed by atoms with Gasteiger partial charge in [-0.1, -0.05) is 24.3 Å². The van der Waals surface area contributed by atoms with E-state index in [0.717, 1.165) is 56.4 Å². The van der Waals surface area contributed by atoms with Gasteiger partial charge in [-0.2, -0.15) is 0 Å². The Balaban J connectivity index is 1.30. The molecule has 1 aliphatic rings. The second-order valence-corrected chi connectivity index (χ2v) is 7.39. The third-order valence-electron chi connectivity index (χ3n) is 5.62. The van der Waals surface area contributed by atoms with Crippen LogP contribution >= 0.6 is 0 Å². The highest BCUT2D eigenvalue weighted by Crippen LogP contribution is 2.20. The first-order chi connectivity index (χ1) is 14.8. The normalized spacial score (nSPS) is 14.8. The lowest BCUT2D eigenvalue weighted by Gasteiger charge is -2.37. The molecular weight excluding hydrogens is 374 g/mol. The summed E-state index contributed by atoms with van der Waals surface area (Å²) in [6, 6.07) is 18.8. The fourth-order valence-corrected chi connectivity index (χ4v) is 3.98. The van der Waals surface area contributed by atoms with Gasteiger partial charge in [-0.05, 0) is 42.3 Å². The summed E-state index contributed by atoms with van der Waals surface area (Å²) in [5, 5.41) is 4.72. The SMILES string of the molecule is CN=C(NCCc1cccc2cccnc12)N1CCN(c2ccc(OC)cc2)CC1. The number of ether oxygens (including phenoxy) is 1. The number of methoxy groups -OCH3 is 1. The minimum absolute atomic E-state index is 0.834. The predicted molar refractivity (Wildman–Crippen MR) is 124 cm³/mol. The van der Waals surface area contributed by atoms with Crippen molar-refractivity contribution in [2.24, 2.45) is 4.99 Å². The number of piperazine rings is 1. The van der Waals surface area contributed by atoms with Crippen molar-refractivity contribution in [1.82, 2.24) is 15.2 Å². The molecule has 1 N–H and O–H groups in total. The number of aliphatic imine (C=N–C) groups is 1. The zero-order valence-electron chi connectivity index (χ0n) is 17.7. The highest BCUT2D eigenvalue weighted by Gasteiger charge is 2.19. The summed E-state index contributed by atoms with van der Waals surface area (Å²) in [5.74, 6) is 1.86. The van der Waals surface area contributed by atoms with Gasteiger partial charge in [0.15, 0.2) is 5.96 Å². The maximum atomic E-state index is 5.26. The molecule has 3 aromatic rings. The molecule has 0 bridgehead atoms. The number of pyridine rings is 1. The van der Waals surface area contributed by atoms with Crippen molar-refractivity contribution >= 4 is 22.5 Å². The van der Waals surface area contributed by atoms with Gasteiger partial charge in [0.05, 0.1) is 12.6 Å². The van der Waals surface area contributed by atoms with Gasteiger partial charge in [0.2, 0.25) is 0 Å². The Morgan fingerprint density at radius 1 is 1.03 bits per heavy atom. The minimum Gasteiger partial charge on any atom is -0.497 e. The van der Waals surface area contributed by atoms with Gasteiger partial charge >= 0.3 is 0 Å². The van der Waals surface area contributed by atoms with Crippen LogP contribution in [0.15, 0.2) is 65.8 Å². The van der Waals surface area contributed by atoms with Gasteiger partial charge < -0.3 is 19.9 Å². The van der Waals surface area contributed by atoms with Crippen molar-refractivity contribution in [2.45, 2.75) is 6.42 Å². The lowest BCUT2D eigenvalue weighted by Crippen LogP contribution is -2.52. The Bertz CT molecular complexity index is 989. The number of benzene rings is 2. The highest BCUT2D eigenvalue weighted by atomic mass is 16.5. The van der Waals surface area contributed by atoms with E-state index in [1.165, 1.54) is 16.6 Å². The number of anilines is 1. The maximum absolute atomic E-state index is 5.26. The Labute approximate surface area is 178 Å². The van der Waals surface area contributed by atoms with Crippen molar-refractivity contribution < 1.29 is 4.74 Å². The van der Waals surface area contributed by atoms with Crippen LogP contribution < -0.4 is 15.0 Å². The van der Waals surface area contributed by atoms with Gasteiger partial charge in [-0.3, -0.25) is 9.98 Å². The molecule has 0 amide bonds. The monoisotopic (exact) mass is 403 g/mol. The minimum atomic E-state index is 0.834. The summed E-state index contributed by atoms with van der Waals surface area (Å²) >= 11 is 0. The number of para-hydroxylation sites is 1. The Kier molecular flexibility index (Phi) is 6.32. The number of guanidine groups is 1. The number of fused-ring (bicyclic) bond motifs is 1. The summed E-state index contributed by atoms with van der Waals surface area (Å²) in [4.78, 5) is 13.8. The summed E-state index contributed by atoms with van der Waals surface area (Å²) in [5.41, 5.74) is 3.59. The molecule has 2 aromatic carbocycles. The number of hydrogen-bond acceptors (Lipinski definition) is 4. The molecule has 6 nitrogen and oxygen atoms in total. The zero-order valence-corrected chi connectivity index (χ0v) is 17.7. The molecule has 1 aliphatic heterocycles. The number of rotatable bonds is 5. The van der Waals surface area contributed by atoms with Crippen LogP contribution in [0.3, 0.4) is 0 Å². The van der Waals surface area contributed by atoms with Crippen molar-refractivity contribution in [3.8, 4) is 5.75 Å². The van der Waals surface area contributed by atoms with Gasteiger partial charge in [-0.15, -0.1) is 0 Å². The average Bonchev–Trinajstić information content (AvgIpc) is 2.82. The van der Waals surface area contributed by atoms with Gasteiger partial charge in [0.25, 0.3) is 0 Å². The van der Waals surface area contributed by atoms with Crippen molar-refractivity contribution in [1.29, 1.82) is 0 Å². The topological polar surface area (TPSA) is 53.0 Å². The van der Waals surface area contributed by atoms with Crippen LogP contribution in [0.4, 0.5) is 5.69 Å². The van der Waals surface area contributed by atoms with E-state index in [1.807, 2.05) is 31.4 Å². The van der Waals surface area contributed by atoms with Crippen LogP contribution in [0, 0.1) is 0 Å². The van der Waals surface area contributed by atoms with Crippen LogP contribution in [0.2, 0.25) is 0 Å². The molecule has 30 heavy (non-hydrogen) atoms. The largest absolute Gasteiger partial charge is 0.497 e. The second kappa shape index (κ2) is 9.48. The van der Waals surface area contributed by atoms with E-state index >= 15 is 0 Å². The Morgan fingerprint density at radius 2 is 1.80 bits per heavy atom. The smallest absolute Gasteiger partial charge is 0.193 e. The number of nitrogens with one attached hydrogen (secondary N) is 1. The molecule has 0 spiro atoms. The molecule has 0 unspecified atom stereocenters. The van der Waals surface area contributed by atoms with Crippen molar-refractivity contribution in [2.75, 3.05) is 51.8 Å². The van der Waals surface area contributed by atoms with Gasteiger partial charge in [0, 0.05) is 57.0 Å². The number of aromatic nitrogens is 1. The summed E-state index contributed by atoms with van der Waals surface area (Å²) < 4.78 is 5.26. The molecule has 1 fully saturated rings. The first-order valence-corrected chi connectivity index (χ1v) is 10.5. The van der Waals surface area contributed by atoms with Gasteiger partial charge in [-0.25, -0.2) is 0 Å². The van der Waals surface area contributed by atoms with E-state index < -0.39 is 0 Å². The van der Waals surface area contributed by atoms with Crippen LogP contribution in [0.5, 0.6) is 5.75 Å². The Hall–Kier alpha value is -3.28. The molecule has 0 radical (unpaired) electrons. The second-order valence-electron chi connectivity index (χ2n) is 7.39. The van der Waals surface area contributed by atoms with E-state index in [2.05, 4.69) is 61.5 Å². The van der Waals surface area contributed by atoms with Crippen molar-refractivity contribution in [3.05, 3.63) is 66.4 Å². The molecular formula is C24H29N5O. The van der Waals surface area contributed by atoms with Crippen LogP contribution in [-0.4, -0.2) is 62.7 Å². The molecule has 156 valence electrons. The van der Waals surface area contributed by atoms with Gasteiger partial charge in [0.1, 0.15) is 5.75 Å². The first-order valence-electron chi connectivity index (χ1n) is 10.5. The molecule has 2 heterocycles.